The Morgan fingerprint density at radius 3 is 2.64 bits per heavy atom. The van der Waals surface area contributed by atoms with E-state index >= 15 is 0 Å². The van der Waals surface area contributed by atoms with E-state index in [0.29, 0.717) is 27.2 Å². The average molecular weight is 466 g/mol. The Balaban J connectivity index is 1.40. The van der Waals surface area contributed by atoms with Crippen LogP contribution in [0.15, 0.2) is 77.8 Å². The maximum atomic E-state index is 14.7. The zero-order valence-electron chi connectivity index (χ0n) is 17.5. The number of benzene rings is 3. The summed E-state index contributed by atoms with van der Waals surface area (Å²) in [4.78, 5) is 16.8. The van der Waals surface area contributed by atoms with Gasteiger partial charge >= 0.3 is 0 Å². The van der Waals surface area contributed by atoms with Crippen LogP contribution in [0.3, 0.4) is 0 Å². The van der Waals surface area contributed by atoms with Gasteiger partial charge in [-0.3, -0.25) is 14.5 Å². The summed E-state index contributed by atoms with van der Waals surface area (Å²) < 4.78 is 28.5. The summed E-state index contributed by atoms with van der Waals surface area (Å²) in [5.41, 5.74) is 1.19. The molecule has 0 aliphatic carbocycles. The van der Waals surface area contributed by atoms with Crippen LogP contribution >= 0.6 is 11.9 Å². The molecule has 0 spiro atoms. The highest BCUT2D eigenvalue weighted by Gasteiger charge is 2.13. The Morgan fingerprint density at radius 2 is 1.88 bits per heavy atom. The number of carbonyl (C=O) groups excluding carboxylic acids is 1. The predicted molar refractivity (Wildman–Crippen MR) is 125 cm³/mol. The molecule has 3 aromatic carbocycles. The fourth-order valence-electron chi connectivity index (χ4n) is 3.05. The zero-order chi connectivity index (χ0) is 23.2. The van der Waals surface area contributed by atoms with E-state index in [9.17, 15) is 14.3 Å². The first kappa shape index (κ1) is 22.4. The molecule has 0 radical (unpaired) electrons. The molecule has 0 saturated heterocycles. The van der Waals surface area contributed by atoms with Gasteiger partial charge in [-0.25, -0.2) is 4.39 Å². The number of rotatable bonds is 8. The molecule has 0 atom stereocenters. The van der Waals surface area contributed by atoms with Crippen LogP contribution in [0.1, 0.15) is 0 Å². The van der Waals surface area contributed by atoms with E-state index in [-0.39, 0.29) is 29.7 Å². The second-order valence-corrected chi connectivity index (χ2v) is 7.85. The smallest absolute Gasteiger partial charge is 0.239 e. The molecular formula is C24H20FN3O4S. The van der Waals surface area contributed by atoms with Gasteiger partial charge in [0.2, 0.25) is 5.91 Å². The van der Waals surface area contributed by atoms with Gasteiger partial charge in [-0.15, -0.1) is 0 Å². The van der Waals surface area contributed by atoms with Gasteiger partial charge in [0.25, 0.3) is 0 Å². The number of phenols is 1. The number of para-hydroxylation sites is 1. The molecule has 0 aliphatic rings. The van der Waals surface area contributed by atoms with Crippen LogP contribution in [-0.4, -0.2) is 29.7 Å². The number of halogens is 1. The molecule has 1 amide bonds. The summed E-state index contributed by atoms with van der Waals surface area (Å²) in [7, 11) is 1.44. The number of nitrogens with zero attached hydrogens (tertiary/aromatic N) is 1. The highest BCUT2D eigenvalue weighted by molar-refractivity contribution is 7.97. The Morgan fingerprint density at radius 1 is 1.06 bits per heavy atom. The number of hydrogen-bond acceptors (Lipinski definition) is 7. The lowest BCUT2D eigenvalue weighted by molar-refractivity contribution is -0.115. The lowest BCUT2D eigenvalue weighted by Crippen LogP contribution is -2.23. The van der Waals surface area contributed by atoms with Crippen molar-refractivity contribution in [3.8, 4) is 23.0 Å². The van der Waals surface area contributed by atoms with Crippen molar-refractivity contribution in [2.24, 2.45) is 0 Å². The van der Waals surface area contributed by atoms with Crippen LogP contribution in [0, 0.1) is 5.82 Å². The van der Waals surface area contributed by atoms with Crippen molar-refractivity contribution in [3.63, 3.8) is 0 Å². The predicted octanol–water partition coefficient (Wildman–Crippen LogP) is 5.12. The van der Waals surface area contributed by atoms with Gasteiger partial charge in [0.05, 0.1) is 19.2 Å². The minimum atomic E-state index is -0.564. The van der Waals surface area contributed by atoms with Crippen molar-refractivity contribution in [2.45, 2.75) is 4.90 Å². The van der Waals surface area contributed by atoms with Gasteiger partial charge in [0, 0.05) is 28.2 Å². The normalized spacial score (nSPS) is 10.7. The summed E-state index contributed by atoms with van der Waals surface area (Å²) in [6.45, 7) is 0.0527. The van der Waals surface area contributed by atoms with E-state index in [1.54, 1.807) is 30.3 Å². The molecule has 33 heavy (non-hydrogen) atoms. The number of amides is 1. The molecule has 4 rings (SSSR count). The molecule has 0 aliphatic heterocycles. The Hall–Kier alpha value is -3.82. The highest BCUT2D eigenvalue weighted by Crippen LogP contribution is 2.37. The maximum Gasteiger partial charge on any atom is 0.239 e. The average Bonchev–Trinajstić information content (AvgIpc) is 2.81. The minimum Gasteiger partial charge on any atom is -0.504 e. The van der Waals surface area contributed by atoms with Crippen molar-refractivity contribution >= 4 is 34.4 Å². The third kappa shape index (κ3) is 5.51. The standard InChI is InChI=1S/C24H20FN3O4S/c1-31-23-12-17-19(13-20(23)29)26-10-9-21(17)32-22-8-7-16(11-18(22)25)33-27-14-24(30)28-15-5-3-2-4-6-15/h2-13,27,29H,14H2,1H3,(H,28,30). The Kier molecular flexibility index (Phi) is 6.92. The molecule has 0 fully saturated rings. The maximum absolute atomic E-state index is 14.7. The van der Waals surface area contributed by atoms with Crippen molar-refractivity contribution in [1.82, 2.24) is 9.71 Å². The number of fused-ring (bicyclic) bond motifs is 1. The molecule has 0 bridgehead atoms. The van der Waals surface area contributed by atoms with Crippen LogP contribution in [0.2, 0.25) is 0 Å². The highest BCUT2D eigenvalue weighted by atomic mass is 32.2. The molecule has 1 aromatic heterocycles. The lowest BCUT2D eigenvalue weighted by atomic mass is 10.2. The third-order valence-electron chi connectivity index (χ3n) is 4.61. The second-order valence-electron chi connectivity index (χ2n) is 6.88. The molecule has 0 unspecified atom stereocenters. The molecule has 7 nitrogen and oxygen atoms in total. The van der Waals surface area contributed by atoms with Crippen LogP contribution in [0.4, 0.5) is 10.1 Å². The number of ether oxygens (including phenoxy) is 2. The van der Waals surface area contributed by atoms with E-state index in [4.69, 9.17) is 9.47 Å². The van der Waals surface area contributed by atoms with Crippen molar-refractivity contribution in [2.75, 3.05) is 19.0 Å². The van der Waals surface area contributed by atoms with Crippen LogP contribution < -0.4 is 19.5 Å². The molecule has 4 aromatic rings. The van der Waals surface area contributed by atoms with Gasteiger partial charge < -0.3 is 19.9 Å². The largest absolute Gasteiger partial charge is 0.504 e. The number of anilines is 1. The fourth-order valence-corrected chi connectivity index (χ4v) is 3.72. The molecule has 3 N–H and O–H groups in total. The second kappa shape index (κ2) is 10.2. The first-order chi connectivity index (χ1) is 16.0. The van der Waals surface area contributed by atoms with E-state index in [2.05, 4.69) is 15.0 Å². The number of nitrogens with one attached hydrogen (secondary N) is 2. The van der Waals surface area contributed by atoms with Gasteiger partial charge in [-0.2, -0.15) is 0 Å². The molecule has 1 heterocycles. The fraction of sp³-hybridized carbons (Fsp3) is 0.0833. The number of methoxy groups -OCH3 is 1. The number of carbonyl (C=O) groups is 1. The number of phenolic OH excluding ortho intramolecular Hbond substituents is 1. The SMILES string of the molecule is COc1cc2c(Oc3ccc(SNCC(=O)Nc4ccccc4)cc3F)ccnc2cc1O. The Bertz CT molecular complexity index is 1290. The molecule has 168 valence electrons. The lowest BCUT2D eigenvalue weighted by Gasteiger charge is -2.12. The van der Waals surface area contributed by atoms with E-state index < -0.39 is 5.82 Å². The third-order valence-corrected chi connectivity index (χ3v) is 5.38. The topological polar surface area (TPSA) is 92.7 Å². The van der Waals surface area contributed by atoms with Gasteiger partial charge in [-0.05, 0) is 54.4 Å². The zero-order valence-corrected chi connectivity index (χ0v) is 18.4. The molecule has 9 heteroatoms. The van der Waals surface area contributed by atoms with E-state index in [0.717, 1.165) is 11.9 Å². The van der Waals surface area contributed by atoms with Crippen molar-refractivity contribution in [1.29, 1.82) is 0 Å². The van der Waals surface area contributed by atoms with Gasteiger partial charge in [0.15, 0.2) is 23.1 Å². The summed E-state index contributed by atoms with van der Waals surface area (Å²) in [5.74, 6) is -0.164. The summed E-state index contributed by atoms with van der Waals surface area (Å²) in [6, 6.07) is 18.3. The van der Waals surface area contributed by atoms with Gasteiger partial charge in [-0.1, -0.05) is 18.2 Å². The van der Waals surface area contributed by atoms with Crippen molar-refractivity contribution in [3.05, 3.63) is 78.7 Å². The number of aromatic nitrogens is 1. The summed E-state index contributed by atoms with van der Waals surface area (Å²) >= 11 is 1.14. The first-order valence-corrected chi connectivity index (χ1v) is 10.7. The Labute approximate surface area is 193 Å². The first-order valence-electron chi connectivity index (χ1n) is 9.91. The number of pyridine rings is 1. The van der Waals surface area contributed by atoms with Crippen LogP contribution in [0.25, 0.3) is 10.9 Å². The van der Waals surface area contributed by atoms with Crippen LogP contribution in [0.5, 0.6) is 23.0 Å². The van der Waals surface area contributed by atoms with E-state index in [1.807, 2.05) is 18.2 Å². The van der Waals surface area contributed by atoms with Gasteiger partial charge in [0.1, 0.15) is 5.75 Å². The number of hydrogen-bond donors (Lipinski definition) is 3. The van der Waals surface area contributed by atoms with E-state index in [1.165, 1.54) is 31.5 Å². The summed E-state index contributed by atoms with van der Waals surface area (Å²) in [6.07, 6.45) is 1.51. The quantitative estimate of drug-likeness (QED) is 0.311. The number of aromatic hydroxyl groups is 1. The molecular weight excluding hydrogens is 445 g/mol. The monoisotopic (exact) mass is 465 g/mol. The molecule has 0 saturated carbocycles. The summed E-state index contributed by atoms with van der Waals surface area (Å²) in [5, 5.41) is 13.3. The van der Waals surface area contributed by atoms with Crippen LogP contribution in [-0.2, 0) is 4.79 Å². The van der Waals surface area contributed by atoms with Crippen molar-refractivity contribution < 1.29 is 23.8 Å². The minimum absolute atomic E-state index is 0.0284.